The van der Waals surface area contributed by atoms with Crippen molar-refractivity contribution in [1.29, 1.82) is 0 Å². The van der Waals surface area contributed by atoms with Crippen LogP contribution in [0.4, 0.5) is 0 Å². The topological polar surface area (TPSA) is 43.8 Å². The maximum atomic E-state index is 6.38. The number of fused-ring (bicyclic) bond motifs is 1. The van der Waals surface area contributed by atoms with Crippen molar-refractivity contribution >= 4 is 11.0 Å². The Morgan fingerprint density at radius 3 is 2.84 bits per heavy atom. The third-order valence-electron chi connectivity index (χ3n) is 4.47. The smallest absolute Gasteiger partial charge is 0.114 e. The molecule has 1 aliphatic carbocycles. The van der Waals surface area contributed by atoms with Gasteiger partial charge in [-0.3, -0.25) is 0 Å². The van der Waals surface area contributed by atoms with E-state index in [0.717, 1.165) is 11.9 Å². The van der Waals surface area contributed by atoms with Gasteiger partial charge in [-0.15, -0.1) is 0 Å². The first-order valence-electron chi connectivity index (χ1n) is 7.35. The lowest BCUT2D eigenvalue weighted by molar-refractivity contribution is 0.474. The Balaban J connectivity index is 2.06. The van der Waals surface area contributed by atoms with Crippen molar-refractivity contribution in [3.63, 3.8) is 0 Å². The molecule has 19 heavy (non-hydrogen) atoms. The average molecular weight is 257 g/mol. The fourth-order valence-electron chi connectivity index (χ4n) is 3.32. The minimum absolute atomic E-state index is 0.263. The van der Waals surface area contributed by atoms with E-state index in [4.69, 9.17) is 10.7 Å². The molecule has 0 radical (unpaired) electrons. The average Bonchev–Trinajstić information content (AvgIpc) is 2.57. The van der Waals surface area contributed by atoms with Crippen molar-refractivity contribution in [2.24, 2.45) is 12.8 Å². The van der Waals surface area contributed by atoms with Gasteiger partial charge in [0.05, 0.1) is 11.0 Å². The summed E-state index contributed by atoms with van der Waals surface area (Å²) in [6.45, 7) is 2.12. The number of benzene rings is 1. The first-order valence-corrected chi connectivity index (χ1v) is 7.35. The minimum Gasteiger partial charge on any atom is -0.331 e. The quantitative estimate of drug-likeness (QED) is 0.797. The second-order valence-corrected chi connectivity index (χ2v) is 5.93. The summed E-state index contributed by atoms with van der Waals surface area (Å²) in [7, 11) is 2.12. The van der Waals surface area contributed by atoms with Crippen LogP contribution in [0.25, 0.3) is 11.0 Å². The Labute approximate surface area is 114 Å². The molecule has 2 N–H and O–H groups in total. The van der Waals surface area contributed by atoms with Crippen molar-refractivity contribution < 1.29 is 0 Å². The fraction of sp³-hybridized carbons (Fsp3) is 0.562. The molecular weight excluding hydrogens is 234 g/mol. The normalized spacial score (nSPS) is 24.6. The van der Waals surface area contributed by atoms with Crippen LogP contribution in [0.15, 0.2) is 18.2 Å². The highest BCUT2D eigenvalue weighted by atomic mass is 15.1. The van der Waals surface area contributed by atoms with Gasteiger partial charge in [0.15, 0.2) is 0 Å². The molecule has 3 rings (SSSR count). The van der Waals surface area contributed by atoms with E-state index in [0.29, 0.717) is 5.92 Å². The highest BCUT2D eigenvalue weighted by Crippen LogP contribution is 2.32. The van der Waals surface area contributed by atoms with Crippen LogP contribution in [0.3, 0.4) is 0 Å². The van der Waals surface area contributed by atoms with Crippen LogP contribution < -0.4 is 5.73 Å². The Hall–Kier alpha value is -1.35. The van der Waals surface area contributed by atoms with Crippen LogP contribution in [0.1, 0.15) is 49.4 Å². The third-order valence-corrected chi connectivity index (χ3v) is 4.47. The summed E-state index contributed by atoms with van der Waals surface area (Å²) < 4.78 is 2.24. The second-order valence-electron chi connectivity index (χ2n) is 5.93. The number of hydrogen-bond acceptors (Lipinski definition) is 2. The number of aromatic nitrogens is 2. The van der Waals surface area contributed by atoms with E-state index in [1.54, 1.807) is 0 Å². The lowest BCUT2D eigenvalue weighted by Gasteiger charge is -2.20. The molecule has 0 aliphatic heterocycles. The van der Waals surface area contributed by atoms with Gasteiger partial charge >= 0.3 is 0 Å². The lowest BCUT2D eigenvalue weighted by atomic mass is 9.94. The summed E-state index contributed by atoms with van der Waals surface area (Å²) in [5.41, 5.74) is 9.97. The highest BCUT2D eigenvalue weighted by Gasteiger charge is 2.26. The standard InChI is InChI=1S/C16H23N3/c1-11-8-9-15-14(10-11)18-16(19(15)2)12-6-4-3-5-7-13(12)17/h8-10,12-13H,3-7,17H2,1-2H3. The van der Waals surface area contributed by atoms with E-state index in [2.05, 4.69) is 36.7 Å². The van der Waals surface area contributed by atoms with E-state index in [-0.39, 0.29) is 6.04 Å². The van der Waals surface area contributed by atoms with Crippen molar-refractivity contribution in [2.45, 2.75) is 51.0 Å². The van der Waals surface area contributed by atoms with Gasteiger partial charge in [0.1, 0.15) is 5.82 Å². The number of nitrogens with two attached hydrogens (primary N) is 1. The Morgan fingerprint density at radius 1 is 1.21 bits per heavy atom. The zero-order valence-corrected chi connectivity index (χ0v) is 11.9. The zero-order valence-electron chi connectivity index (χ0n) is 11.9. The minimum atomic E-state index is 0.263. The molecule has 0 saturated heterocycles. The highest BCUT2D eigenvalue weighted by molar-refractivity contribution is 5.76. The molecule has 0 amide bonds. The van der Waals surface area contributed by atoms with Gasteiger partial charge in [-0.25, -0.2) is 4.98 Å². The summed E-state index contributed by atoms with van der Waals surface area (Å²) in [6, 6.07) is 6.75. The van der Waals surface area contributed by atoms with Crippen LogP contribution in [0.5, 0.6) is 0 Å². The van der Waals surface area contributed by atoms with Gasteiger partial charge in [0.2, 0.25) is 0 Å². The monoisotopic (exact) mass is 257 g/mol. The Kier molecular flexibility index (Phi) is 3.31. The molecule has 1 aromatic carbocycles. The Bertz CT molecular complexity index is 585. The van der Waals surface area contributed by atoms with Crippen molar-refractivity contribution in [1.82, 2.24) is 9.55 Å². The van der Waals surface area contributed by atoms with E-state index in [9.17, 15) is 0 Å². The maximum Gasteiger partial charge on any atom is 0.114 e. The van der Waals surface area contributed by atoms with Gasteiger partial charge in [-0.05, 0) is 37.5 Å². The van der Waals surface area contributed by atoms with Gasteiger partial charge < -0.3 is 10.3 Å². The Morgan fingerprint density at radius 2 is 2.00 bits per heavy atom. The van der Waals surface area contributed by atoms with E-state index >= 15 is 0 Å². The number of hydrogen-bond donors (Lipinski definition) is 1. The molecule has 3 heteroatoms. The summed E-state index contributed by atoms with van der Waals surface area (Å²) >= 11 is 0. The van der Waals surface area contributed by atoms with E-state index in [1.165, 1.54) is 42.6 Å². The molecule has 3 nitrogen and oxygen atoms in total. The number of nitrogens with zero attached hydrogens (tertiary/aromatic N) is 2. The summed E-state index contributed by atoms with van der Waals surface area (Å²) in [5.74, 6) is 1.59. The molecule has 1 aliphatic rings. The molecule has 1 heterocycles. The molecule has 2 atom stereocenters. The fourth-order valence-corrected chi connectivity index (χ4v) is 3.32. The summed E-state index contributed by atoms with van der Waals surface area (Å²) in [6.07, 6.45) is 6.17. The maximum absolute atomic E-state index is 6.38. The summed E-state index contributed by atoms with van der Waals surface area (Å²) in [5, 5.41) is 0. The van der Waals surface area contributed by atoms with Crippen molar-refractivity contribution in [2.75, 3.05) is 0 Å². The molecular formula is C16H23N3. The first kappa shape index (κ1) is 12.7. The molecule has 0 spiro atoms. The van der Waals surface area contributed by atoms with Gasteiger partial charge in [0.25, 0.3) is 0 Å². The van der Waals surface area contributed by atoms with Crippen molar-refractivity contribution in [3.8, 4) is 0 Å². The third kappa shape index (κ3) is 2.27. The van der Waals surface area contributed by atoms with Crippen LogP contribution in [-0.2, 0) is 7.05 Å². The number of imidazole rings is 1. The largest absolute Gasteiger partial charge is 0.331 e. The predicted molar refractivity (Wildman–Crippen MR) is 79.3 cm³/mol. The number of rotatable bonds is 1. The SMILES string of the molecule is Cc1ccc2c(c1)nc(C1CCCCCC1N)n2C. The second kappa shape index (κ2) is 4.97. The van der Waals surface area contributed by atoms with Crippen LogP contribution in [0.2, 0.25) is 0 Å². The summed E-state index contributed by atoms with van der Waals surface area (Å²) in [4.78, 5) is 4.87. The lowest BCUT2D eigenvalue weighted by Crippen LogP contribution is -2.29. The molecule has 1 saturated carbocycles. The molecule has 1 fully saturated rings. The molecule has 1 aromatic heterocycles. The van der Waals surface area contributed by atoms with Gasteiger partial charge in [0, 0.05) is 19.0 Å². The molecule has 2 unspecified atom stereocenters. The van der Waals surface area contributed by atoms with Crippen LogP contribution in [-0.4, -0.2) is 15.6 Å². The molecule has 102 valence electrons. The van der Waals surface area contributed by atoms with Gasteiger partial charge in [-0.2, -0.15) is 0 Å². The van der Waals surface area contributed by atoms with Crippen LogP contribution >= 0.6 is 0 Å². The molecule has 2 aromatic rings. The first-order chi connectivity index (χ1) is 9.16. The van der Waals surface area contributed by atoms with E-state index in [1.807, 2.05) is 0 Å². The predicted octanol–water partition coefficient (Wildman–Crippen LogP) is 3.26. The van der Waals surface area contributed by atoms with Crippen molar-refractivity contribution in [3.05, 3.63) is 29.6 Å². The van der Waals surface area contributed by atoms with Crippen LogP contribution in [0, 0.1) is 6.92 Å². The molecule has 0 bridgehead atoms. The zero-order chi connectivity index (χ0) is 13.4. The van der Waals surface area contributed by atoms with E-state index < -0.39 is 0 Å². The van der Waals surface area contributed by atoms with Gasteiger partial charge in [-0.1, -0.05) is 25.3 Å². The number of aryl methyl sites for hydroxylation is 2.